The number of hydrogen-bond acceptors (Lipinski definition) is 3. The highest BCUT2D eigenvalue weighted by Crippen LogP contribution is 2.17. The first-order valence-electron chi connectivity index (χ1n) is 9.01. The molecule has 26 heavy (non-hydrogen) atoms. The lowest BCUT2D eigenvalue weighted by Gasteiger charge is -2.08. The largest absolute Gasteiger partial charge is 0.493 e. The molecule has 0 atom stereocenters. The second-order valence-electron chi connectivity index (χ2n) is 6.01. The van der Waals surface area contributed by atoms with Crippen molar-refractivity contribution in [2.75, 3.05) is 6.61 Å². The van der Waals surface area contributed by atoms with Crippen LogP contribution < -0.4 is 10.2 Å². The van der Waals surface area contributed by atoms with Crippen LogP contribution in [0.5, 0.6) is 5.75 Å². The van der Waals surface area contributed by atoms with Crippen molar-refractivity contribution in [3.8, 4) is 5.75 Å². The van der Waals surface area contributed by atoms with Gasteiger partial charge in [0.25, 0.3) is 5.91 Å². The molecule has 0 aliphatic heterocycles. The van der Waals surface area contributed by atoms with E-state index < -0.39 is 0 Å². The second-order valence-corrected chi connectivity index (χ2v) is 6.93. The van der Waals surface area contributed by atoms with E-state index in [4.69, 9.17) is 4.74 Å². The molecule has 0 radical (unpaired) electrons. The number of nitrogens with zero attached hydrogens (tertiary/aromatic N) is 1. The predicted octanol–water partition coefficient (Wildman–Crippen LogP) is 5.56. The van der Waals surface area contributed by atoms with Gasteiger partial charge in [0.1, 0.15) is 5.75 Å². The van der Waals surface area contributed by atoms with Gasteiger partial charge in [-0.25, -0.2) is 5.43 Å². The molecule has 5 heteroatoms. The van der Waals surface area contributed by atoms with Crippen molar-refractivity contribution in [3.63, 3.8) is 0 Å². The molecule has 2 aromatic carbocycles. The van der Waals surface area contributed by atoms with E-state index in [1.165, 1.54) is 25.7 Å². The predicted molar refractivity (Wildman–Crippen MR) is 110 cm³/mol. The van der Waals surface area contributed by atoms with Crippen LogP contribution in [-0.4, -0.2) is 18.7 Å². The first-order valence-corrected chi connectivity index (χ1v) is 9.81. The molecule has 138 valence electrons. The van der Waals surface area contributed by atoms with E-state index >= 15 is 0 Å². The molecule has 0 fully saturated rings. The highest BCUT2D eigenvalue weighted by molar-refractivity contribution is 9.10. The van der Waals surface area contributed by atoms with Gasteiger partial charge < -0.3 is 4.74 Å². The van der Waals surface area contributed by atoms with Gasteiger partial charge in [-0.2, -0.15) is 5.10 Å². The van der Waals surface area contributed by atoms with Gasteiger partial charge in [0.15, 0.2) is 0 Å². The SMILES string of the molecule is CCCCCCCOc1ccccc1/C=N/NC(=O)c1cccc(Br)c1. The average Bonchev–Trinajstić information content (AvgIpc) is 2.65. The number of hydrazone groups is 1. The number of carbonyl (C=O) groups is 1. The Hall–Kier alpha value is -2.14. The fraction of sp³-hybridized carbons (Fsp3) is 0.333. The van der Waals surface area contributed by atoms with E-state index in [0.717, 1.165) is 22.2 Å². The topological polar surface area (TPSA) is 50.7 Å². The Kier molecular flexibility index (Phi) is 8.90. The molecule has 2 aromatic rings. The quantitative estimate of drug-likeness (QED) is 0.313. The van der Waals surface area contributed by atoms with Crippen LogP contribution in [-0.2, 0) is 0 Å². The highest BCUT2D eigenvalue weighted by atomic mass is 79.9. The lowest BCUT2D eigenvalue weighted by molar-refractivity contribution is 0.0955. The summed E-state index contributed by atoms with van der Waals surface area (Å²) in [5, 5.41) is 4.06. The smallest absolute Gasteiger partial charge is 0.271 e. The molecule has 0 aliphatic rings. The number of ether oxygens (including phenoxy) is 1. The highest BCUT2D eigenvalue weighted by Gasteiger charge is 2.05. The van der Waals surface area contributed by atoms with Gasteiger partial charge in [-0.1, -0.05) is 66.7 Å². The number of halogens is 1. The molecule has 0 bridgehead atoms. The molecule has 1 amide bonds. The monoisotopic (exact) mass is 416 g/mol. The Morgan fingerprint density at radius 1 is 1.12 bits per heavy atom. The first-order chi connectivity index (χ1) is 12.7. The minimum absolute atomic E-state index is 0.253. The molecule has 0 aliphatic carbocycles. The Morgan fingerprint density at radius 2 is 1.92 bits per heavy atom. The van der Waals surface area contributed by atoms with Crippen LogP contribution in [0.4, 0.5) is 0 Å². The number of nitrogens with one attached hydrogen (secondary N) is 1. The van der Waals surface area contributed by atoms with Gasteiger partial charge in [0.05, 0.1) is 12.8 Å². The zero-order valence-corrected chi connectivity index (χ0v) is 16.7. The molecule has 0 unspecified atom stereocenters. The van der Waals surface area contributed by atoms with Gasteiger partial charge in [-0.15, -0.1) is 0 Å². The number of carbonyl (C=O) groups excluding carboxylic acids is 1. The molecule has 0 heterocycles. The first kappa shape index (κ1) is 20.2. The van der Waals surface area contributed by atoms with Crippen LogP contribution in [0.25, 0.3) is 0 Å². The van der Waals surface area contributed by atoms with Crippen LogP contribution >= 0.6 is 15.9 Å². The maximum absolute atomic E-state index is 12.1. The van der Waals surface area contributed by atoms with Crippen molar-refractivity contribution < 1.29 is 9.53 Å². The van der Waals surface area contributed by atoms with E-state index in [1.807, 2.05) is 36.4 Å². The molecule has 0 aromatic heterocycles. The Morgan fingerprint density at radius 3 is 2.73 bits per heavy atom. The number of para-hydroxylation sites is 1. The van der Waals surface area contributed by atoms with Gasteiger partial charge in [0, 0.05) is 15.6 Å². The van der Waals surface area contributed by atoms with Gasteiger partial charge in [-0.05, 0) is 36.8 Å². The molecule has 0 saturated heterocycles. The van der Waals surface area contributed by atoms with Crippen molar-refractivity contribution in [1.82, 2.24) is 5.43 Å². The van der Waals surface area contributed by atoms with Gasteiger partial charge in [-0.3, -0.25) is 4.79 Å². The lowest BCUT2D eigenvalue weighted by atomic mass is 10.2. The van der Waals surface area contributed by atoms with Crippen LogP contribution in [0.3, 0.4) is 0 Å². The average molecular weight is 417 g/mol. The fourth-order valence-electron chi connectivity index (χ4n) is 2.46. The summed E-state index contributed by atoms with van der Waals surface area (Å²) in [4.78, 5) is 12.1. The van der Waals surface area contributed by atoms with E-state index in [0.29, 0.717) is 12.2 Å². The lowest BCUT2D eigenvalue weighted by Crippen LogP contribution is -2.17. The summed E-state index contributed by atoms with van der Waals surface area (Å²) < 4.78 is 6.72. The molecular weight excluding hydrogens is 392 g/mol. The van der Waals surface area contributed by atoms with Crippen molar-refractivity contribution >= 4 is 28.1 Å². The summed E-state index contributed by atoms with van der Waals surface area (Å²) >= 11 is 3.35. The van der Waals surface area contributed by atoms with Crippen molar-refractivity contribution in [2.24, 2.45) is 5.10 Å². The molecular formula is C21H25BrN2O2. The zero-order chi connectivity index (χ0) is 18.6. The zero-order valence-electron chi connectivity index (χ0n) is 15.1. The Labute approximate surface area is 163 Å². The van der Waals surface area contributed by atoms with Gasteiger partial charge >= 0.3 is 0 Å². The molecule has 2 rings (SSSR count). The molecule has 0 spiro atoms. The third kappa shape index (κ3) is 7.00. The number of hydrogen-bond donors (Lipinski definition) is 1. The van der Waals surface area contributed by atoms with E-state index in [-0.39, 0.29) is 5.91 Å². The summed E-state index contributed by atoms with van der Waals surface area (Å²) in [5.41, 5.74) is 3.94. The number of amides is 1. The minimum atomic E-state index is -0.253. The Balaban J connectivity index is 1.86. The molecule has 1 N–H and O–H groups in total. The number of rotatable bonds is 10. The van der Waals surface area contributed by atoms with Crippen molar-refractivity contribution in [1.29, 1.82) is 0 Å². The fourth-order valence-corrected chi connectivity index (χ4v) is 2.86. The Bertz CT molecular complexity index is 731. The van der Waals surface area contributed by atoms with E-state index in [9.17, 15) is 4.79 Å². The molecule has 0 saturated carbocycles. The van der Waals surface area contributed by atoms with Crippen molar-refractivity contribution in [2.45, 2.75) is 39.0 Å². The number of benzene rings is 2. The summed E-state index contributed by atoms with van der Waals surface area (Å²) in [6.45, 7) is 2.90. The summed E-state index contributed by atoms with van der Waals surface area (Å²) in [5.74, 6) is 0.528. The van der Waals surface area contributed by atoms with Crippen LogP contribution in [0.2, 0.25) is 0 Å². The van der Waals surface area contributed by atoms with Crippen LogP contribution in [0.15, 0.2) is 58.1 Å². The maximum Gasteiger partial charge on any atom is 0.271 e. The molecule has 4 nitrogen and oxygen atoms in total. The second kappa shape index (κ2) is 11.5. The van der Waals surface area contributed by atoms with E-state index in [2.05, 4.69) is 33.4 Å². The summed E-state index contributed by atoms with van der Waals surface area (Å²) in [7, 11) is 0. The third-order valence-electron chi connectivity index (χ3n) is 3.88. The third-order valence-corrected chi connectivity index (χ3v) is 4.37. The van der Waals surface area contributed by atoms with Crippen LogP contribution in [0.1, 0.15) is 54.9 Å². The summed E-state index contributed by atoms with van der Waals surface area (Å²) in [6, 6.07) is 14.9. The normalized spacial score (nSPS) is 10.8. The van der Waals surface area contributed by atoms with Crippen molar-refractivity contribution in [3.05, 3.63) is 64.1 Å². The number of unbranched alkanes of at least 4 members (excludes halogenated alkanes) is 4. The summed E-state index contributed by atoms with van der Waals surface area (Å²) in [6.07, 6.45) is 7.62. The van der Waals surface area contributed by atoms with Crippen LogP contribution in [0, 0.1) is 0 Å². The van der Waals surface area contributed by atoms with Gasteiger partial charge in [0.2, 0.25) is 0 Å². The maximum atomic E-state index is 12.1. The van der Waals surface area contributed by atoms with E-state index in [1.54, 1.807) is 18.3 Å². The minimum Gasteiger partial charge on any atom is -0.493 e. The standard InChI is InChI=1S/C21H25BrN2O2/c1-2-3-4-5-8-14-26-20-13-7-6-10-18(20)16-23-24-21(25)17-11-9-12-19(22)15-17/h6-7,9-13,15-16H,2-5,8,14H2,1H3,(H,24,25)/b23-16+.